The Morgan fingerprint density at radius 3 is 2.57 bits per heavy atom. The SMILES string of the molecule is Cc1ccncc1CNCC(CNC(=O)OC(C)(C)C)C(C)C. The number of hydrogen-bond acceptors (Lipinski definition) is 4. The Morgan fingerprint density at radius 2 is 2.00 bits per heavy atom. The highest BCUT2D eigenvalue weighted by molar-refractivity contribution is 5.67. The summed E-state index contributed by atoms with van der Waals surface area (Å²) < 4.78 is 5.28. The third-order valence-electron chi connectivity index (χ3n) is 3.72. The maximum atomic E-state index is 11.8. The highest BCUT2D eigenvalue weighted by atomic mass is 16.6. The zero-order valence-electron chi connectivity index (χ0n) is 15.3. The van der Waals surface area contributed by atoms with Gasteiger partial charge in [-0.05, 0) is 56.7 Å². The number of pyridine rings is 1. The van der Waals surface area contributed by atoms with Crippen LogP contribution in [0.25, 0.3) is 0 Å². The first kappa shape index (κ1) is 19.4. The van der Waals surface area contributed by atoms with Crippen molar-refractivity contribution in [1.29, 1.82) is 0 Å². The van der Waals surface area contributed by atoms with Gasteiger partial charge < -0.3 is 15.4 Å². The smallest absolute Gasteiger partial charge is 0.407 e. The average Bonchev–Trinajstić information content (AvgIpc) is 2.42. The standard InChI is InChI=1S/C18H31N3O2/c1-13(2)15(12-21-17(22)23-18(4,5)6)9-20-11-16-10-19-8-7-14(16)3/h7-8,10,13,15,20H,9,11-12H2,1-6H3,(H,21,22). The summed E-state index contributed by atoms with van der Waals surface area (Å²) in [6.07, 6.45) is 3.35. The highest BCUT2D eigenvalue weighted by Gasteiger charge is 2.19. The van der Waals surface area contributed by atoms with E-state index in [0.717, 1.165) is 13.1 Å². The summed E-state index contributed by atoms with van der Waals surface area (Å²) in [4.78, 5) is 15.9. The number of carbonyl (C=O) groups is 1. The fourth-order valence-corrected chi connectivity index (χ4v) is 2.15. The van der Waals surface area contributed by atoms with Crippen LogP contribution in [0.2, 0.25) is 0 Å². The van der Waals surface area contributed by atoms with Gasteiger partial charge in [-0.25, -0.2) is 4.79 Å². The molecule has 1 rings (SSSR count). The number of amides is 1. The molecule has 0 aromatic carbocycles. The minimum atomic E-state index is -0.465. The molecule has 0 saturated heterocycles. The van der Waals surface area contributed by atoms with Crippen LogP contribution in [0, 0.1) is 18.8 Å². The first-order valence-corrected chi connectivity index (χ1v) is 8.26. The quantitative estimate of drug-likeness (QED) is 0.809. The van der Waals surface area contributed by atoms with Gasteiger partial charge in [-0.1, -0.05) is 13.8 Å². The Bertz CT molecular complexity index is 495. The Labute approximate surface area is 140 Å². The van der Waals surface area contributed by atoms with E-state index in [9.17, 15) is 4.79 Å². The lowest BCUT2D eigenvalue weighted by Crippen LogP contribution is -2.39. The van der Waals surface area contributed by atoms with Gasteiger partial charge in [-0.2, -0.15) is 0 Å². The molecule has 1 aromatic rings. The van der Waals surface area contributed by atoms with Crippen LogP contribution in [-0.2, 0) is 11.3 Å². The second-order valence-corrected chi connectivity index (χ2v) is 7.32. The predicted molar refractivity (Wildman–Crippen MR) is 93.2 cm³/mol. The maximum absolute atomic E-state index is 11.8. The molecule has 5 nitrogen and oxygen atoms in total. The van der Waals surface area contributed by atoms with Crippen LogP contribution in [0.5, 0.6) is 0 Å². The Kier molecular flexibility index (Phi) is 7.49. The van der Waals surface area contributed by atoms with Crippen LogP contribution in [0.1, 0.15) is 45.7 Å². The van der Waals surface area contributed by atoms with Crippen LogP contribution in [-0.4, -0.2) is 29.8 Å². The number of ether oxygens (including phenoxy) is 1. The lowest BCUT2D eigenvalue weighted by Gasteiger charge is -2.24. The molecule has 5 heteroatoms. The molecule has 23 heavy (non-hydrogen) atoms. The van der Waals surface area contributed by atoms with Gasteiger partial charge in [0.1, 0.15) is 5.60 Å². The summed E-state index contributed by atoms with van der Waals surface area (Å²) in [5, 5.41) is 6.33. The topological polar surface area (TPSA) is 63.2 Å². The van der Waals surface area contributed by atoms with Crippen molar-refractivity contribution in [2.45, 2.75) is 53.7 Å². The number of carbonyl (C=O) groups excluding carboxylic acids is 1. The molecule has 0 radical (unpaired) electrons. The number of nitrogens with zero attached hydrogens (tertiary/aromatic N) is 1. The molecule has 1 heterocycles. The van der Waals surface area contributed by atoms with Gasteiger partial charge in [-0.3, -0.25) is 4.98 Å². The number of aryl methyl sites for hydroxylation is 1. The van der Waals surface area contributed by atoms with E-state index in [1.54, 1.807) is 6.20 Å². The third-order valence-corrected chi connectivity index (χ3v) is 3.72. The van der Waals surface area contributed by atoms with Gasteiger partial charge in [0.2, 0.25) is 0 Å². The van der Waals surface area contributed by atoms with Crippen molar-refractivity contribution in [3.63, 3.8) is 0 Å². The normalized spacial score (nSPS) is 13.0. The van der Waals surface area contributed by atoms with E-state index in [1.807, 2.05) is 33.0 Å². The lowest BCUT2D eigenvalue weighted by atomic mass is 9.95. The first-order valence-electron chi connectivity index (χ1n) is 8.26. The second-order valence-electron chi connectivity index (χ2n) is 7.32. The molecule has 0 saturated carbocycles. The second kappa shape index (κ2) is 8.87. The van der Waals surface area contributed by atoms with Crippen LogP contribution < -0.4 is 10.6 Å². The van der Waals surface area contributed by atoms with E-state index < -0.39 is 5.60 Å². The van der Waals surface area contributed by atoms with E-state index >= 15 is 0 Å². The Hall–Kier alpha value is -1.62. The summed E-state index contributed by atoms with van der Waals surface area (Å²) in [5.74, 6) is 0.812. The van der Waals surface area contributed by atoms with Crippen molar-refractivity contribution in [2.75, 3.05) is 13.1 Å². The molecular weight excluding hydrogens is 290 g/mol. The average molecular weight is 321 g/mol. The van der Waals surface area contributed by atoms with Crippen molar-refractivity contribution in [1.82, 2.24) is 15.6 Å². The highest BCUT2D eigenvalue weighted by Crippen LogP contribution is 2.11. The molecule has 1 aromatic heterocycles. The van der Waals surface area contributed by atoms with Crippen LogP contribution in [0.4, 0.5) is 4.79 Å². The molecule has 1 unspecified atom stereocenters. The summed E-state index contributed by atoms with van der Waals surface area (Å²) >= 11 is 0. The maximum Gasteiger partial charge on any atom is 0.407 e. The van der Waals surface area contributed by atoms with Crippen molar-refractivity contribution < 1.29 is 9.53 Å². The van der Waals surface area contributed by atoms with Crippen molar-refractivity contribution in [3.8, 4) is 0 Å². The molecule has 1 atom stereocenters. The fourth-order valence-electron chi connectivity index (χ4n) is 2.15. The molecule has 0 spiro atoms. The van der Waals surface area contributed by atoms with E-state index in [2.05, 4.69) is 36.4 Å². The zero-order chi connectivity index (χ0) is 17.5. The van der Waals surface area contributed by atoms with Crippen LogP contribution in [0.3, 0.4) is 0 Å². The molecule has 2 N–H and O–H groups in total. The van der Waals surface area contributed by atoms with E-state index in [0.29, 0.717) is 18.4 Å². The minimum absolute atomic E-state index is 0.347. The number of aromatic nitrogens is 1. The van der Waals surface area contributed by atoms with Crippen molar-refractivity contribution >= 4 is 6.09 Å². The molecule has 0 aliphatic carbocycles. The summed E-state index contributed by atoms with van der Waals surface area (Å²) in [6, 6.07) is 2.01. The fraction of sp³-hybridized carbons (Fsp3) is 0.667. The minimum Gasteiger partial charge on any atom is -0.444 e. The zero-order valence-corrected chi connectivity index (χ0v) is 15.3. The van der Waals surface area contributed by atoms with Crippen molar-refractivity contribution in [3.05, 3.63) is 29.6 Å². The van der Waals surface area contributed by atoms with Crippen LogP contribution >= 0.6 is 0 Å². The van der Waals surface area contributed by atoms with Crippen molar-refractivity contribution in [2.24, 2.45) is 11.8 Å². The number of nitrogens with one attached hydrogen (secondary N) is 2. The largest absolute Gasteiger partial charge is 0.444 e. The summed E-state index contributed by atoms with van der Waals surface area (Å²) in [6.45, 7) is 14.2. The molecule has 0 aliphatic rings. The van der Waals surface area contributed by atoms with Gasteiger partial charge in [0.15, 0.2) is 0 Å². The van der Waals surface area contributed by atoms with Gasteiger partial charge in [-0.15, -0.1) is 0 Å². The number of hydrogen-bond donors (Lipinski definition) is 2. The van der Waals surface area contributed by atoms with Gasteiger partial charge in [0.25, 0.3) is 0 Å². The number of alkyl carbamates (subject to hydrolysis) is 1. The van der Waals surface area contributed by atoms with Gasteiger partial charge in [0, 0.05) is 32.0 Å². The molecule has 1 amide bonds. The molecule has 0 bridgehead atoms. The molecule has 0 aliphatic heterocycles. The lowest BCUT2D eigenvalue weighted by molar-refractivity contribution is 0.0515. The van der Waals surface area contributed by atoms with Crippen LogP contribution in [0.15, 0.2) is 18.5 Å². The van der Waals surface area contributed by atoms with E-state index in [1.165, 1.54) is 11.1 Å². The van der Waals surface area contributed by atoms with Gasteiger partial charge >= 0.3 is 6.09 Å². The van der Waals surface area contributed by atoms with E-state index in [4.69, 9.17) is 4.74 Å². The molecular formula is C18H31N3O2. The van der Waals surface area contributed by atoms with Gasteiger partial charge in [0.05, 0.1) is 0 Å². The molecule has 130 valence electrons. The summed E-state index contributed by atoms with van der Waals surface area (Å²) in [5.41, 5.74) is 1.98. The number of rotatable bonds is 7. The predicted octanol–water partition coefficient (Wildman–Crippen LogP) is 3.28. The Balaban J connectivity index is 2.41. The Morgan fingerprint density at radius 1 is 1.30 bits per heavy atom. The summed E-state index contributed by atoms with van der Waals surface area (Å²) in [7, 11) is 0. The van der Waals surface area contributed by atoms with E-state index in [-0.39, 0.29) is 6.09 Å². The first-order chi connectivity index (χ1) is 10.7. The third kappa shape index (κ3) is 7.98. The molecule has 0 fully saturated rings. The monoisotopic (exact) mass is 321 g/mol.